The monoisotopic (exact) mass is 374 g/mol. The van der Waals surface area contributed by atoms with Crippen LogP contribution in [0.15, 0.2) is 29.1 Å². The molecular formula is C19H26N4O4. The summed E-state index contributed by atoms with van der Waals surface area (Å²) in [6, 6.07) is 7.58. The van der Waals surface area contributed by atoms with E-state index in [0.29, 0.717) is 38.4 Å². The molecule has 146 valence electrons. The predicted octanol–water partition coefficient (Wildman–Crippen LogP) is 2.16. The normalized spacial score (nSPS) is 17.1. The summed E-state index contributed by atoms with van der Waals surface area (Å²) in [7, 11) is 1.64. The number of aromatic amines is 2. The molecule has 0 spiro atoms. The molecule has 1 aromatic carbocycles. The predicted molar refractivity (Wildman–Crippen MR) is 99.4 cm³/mol. The number of carbonyl (C=O) groups excluding carboxylic acids is 1. The molecular weight excluding hydrogens is 348 g/mol. The first-order chi connectivity index (χ1) is 13.2. The van der Waals surface area contributed by atoms with Gasteiger partial charge in [-0.05, 0) is 43.4 Å². The molecule has 2 aromatic rings. The van der Waals surface area contributed by atoms with E-state index in [1.807, 2.05) is 29.2 Å². The molecule has 1 atom stereocenters. The second-order valence-electron chi connectivity index (χ2n) is 6.67. The standard InChI is InChI=1S/C19H26N4O4/c1-26-15-9-7-14(8-10-15)13-27-12-4-6-17(24)23-11-3-2-5-16(23)18-20-19(25)22-21-18/h7-10,16H,2-6,11-13H2,1H3,(H2,20,21,22,25). The maximum Gasteiger partial charge on any atom is 0.340 e. The molecule has 27 heavy (non-hydrogen) atoms. The lowest BCUT2D eigenvalue weighted by molar-refractivity contribution is -0.135. The van der Waals surface area contributed by atoms with Crippen molar-refractivity contribution in [2.75, 3.05) is 20.3 Å². The number of H-pyrrole nitrogens is 2. The van der Waals surface area contributed by atoms with Crippen molar-refractivity contribution in [1.29, 1.82) is 0 Å². The fourth-order valence-electron chi connectivity index (χ4n) is 3.34. The second kappa shape index (κ2) is 9.36. The Kier molecular flexibility index (Phi) is 6.64. The van der Waals surface area contributed by atoms with Crippen molar-refractivity contribution in [3.8, 4) is 5.75 Å². The first-order valence-corrected chi connectivity index (χ1v) is 9.32. The van der Waals surface area contributed by atoms with Gasteiger partial charge in [-0.2, -0.15) is 5.10 Å². The highest BCUT2D eigenvalue weighted by Crippen LogP contribution is 2.28. The number of piperidine rings is 1. The minimum atomic E-state index is -0.338. The number of nitrogens with zero attached hydrogens (tertiary/aromatic N) is 2. The Morgan fingerprint density at radius 3 is 2.81 bits per heavy atom. The minimum absolute atomic E-state index is 0.0802. The third-order valence-corrected chi connectivity index (χ3v) is 4.77. The van der Waals surface area contributed by atoms with Crippen LogP contribution in [0.1, 0.15) is 49.5 Å². The van der Waals surface area contributed by atoms with Crippen molar-refractivity contribution in [1.82, 2.24) is 20.1 Å². The Morgan fingerprint density at radius 1 is 1.30 bits per heavy atom. The van der Waals surface area contributed by atoms with Gasteiger partial charge in [-0.25, -0.2) is 9.89 Å². The summed E-state index contributed by atoms with van der Waals surface area (Å²) in [5.41, 5.74) is 0.732. The summed E-state index contributed by atoms with van der Waals surface area (Å²) in [5.74, 6) is 1.44. The maximum absolute atomic E-state index is 12.6. The SMILES string of the molecule is COc1ccc(COCCCC(=O)N2CCCCC2c2n[nH]c(=O)[nH]2)cc1. The van der Waals surface area contributed by atoms with Crippen LogP contribution < -0.4 is 10.4 Å². The van der Waals surface area contributed by atoms with Crippen molar-refractivity contribution < 1.29 is 14.3 Å². The molecule has 0 aliphatic carbocycles. The first-order valence-electron chi connectivity index (χ1n) is 9.32. The smallest absolute Gasteiger partial charge is 0.340 e. The number of aromatic nitrogens is 3. The van der Waals surface area contributed by atoms with Crippen LogP contribution in [0.3, 0.4) is 0 Å². The lowest BCUT2D eigenvalue weighted by atomic mass is 10.0. The van der Waals surface area contributed by atoms with Gasteiger partial charge in [0.15, 0.2) is 5.82 Å². The van der Waals surface area contributed by atoms with Gasteiger partial charge in [0.25, 0.3) is 0 Å². The van der Waals surface area contributed by atoms with Gasteiger partial charge in [0.1, 0.15) is 5.75 Å². The van der Waals surface area contributed by atoms with Crippen LogP contribution in [-0.2, 0) is 16.1 Å². The molecule has 0 saturated carbocycles. The number of carbonyl (C=O) groups is 1. The Morgan fingerprint density at radius 2 is 2.11 bits per heavy atom. The Bertz CT molecular complexity index is 784. The van der Waals surface area contributed by atoms with Gasteiger partial charge in [-0.3, -0.25) is 9.78 Å². The number of nitrogens with one attached hydrogen (secondary N) is 2. The molecule has 1 aliphatic heterocycles. The summed E-state index contributed by atoms with van der Waals surface area (Å²) < 4.78 is 10.8. The van der Waals surface area contributed by atoms with E-state index in [-0.39, 0.29) is 17.6 Å². The lowest BCUT2D eigenvalue weighted by Gasteiger charge is -2.34. The third kappa shape index (κ3) is 5.19. The van der Waals surface area contributed by atoms with Gasteiger partial charge < -0.3 is 14.4 Å². The molecule has 2 N–H and O–H groups in total. The van der Waals surface area contributed by atoms with Gasteiger partial charge in [0, 0.05) is 19.6 Å². The number of likely N-dealkylation sites (tertiary alicyclic amines) is 1. The van der Waals surface area contributed by atoms with E-state index >= 15 is 0 Å². The number of hydrogen-bond acceptors (Lipinski definition) is 5. The number of hydrogen-bond donors (Lipinski definition) is 2. The van der Waals surface area contributed by atoms with Crippen molar-refractivity contribution >= 4 is 5.91 Å². The average molecular weight is 374 g/mol. The van der Waals surface area contributed by atoms with Crippen LogP contribution in [0.5, 0.6) is 5.75 Å². The second-order valence-corrected chi connectivity index (χ2v) is 6.67. The first kappa shape index (κ1) is 19.2. The topological polar surface area (TPSA) is 100 Å². The number of benzene rings is 1. The molecule has 3 rings (SSSR count). The quantitative estimate of drug-likeness (QED) is 0.690. The van der Waals surface area contributed by atoms with Gasteiger partial charge >= 0.3 is 5.69 Å². The Hall–Kier alpha value is -2.61. The molecule has 1 aliphatic rings. The van der Waals surface area contributed by atoms with Crippen molar-refractivity contribution in [2.24, 2.45) is 0 Å². The highest BCUT2D eigenvalue weighted by atomic mass is 16.5. The van der Waals surface area contributed by atoms with Crippen molar-refractivity contribution in [2.45, 2.75) is 44.8 Å². The highest BCUT2D eigenvalue weighted by Gasteiger charge is 2.29. The summed E-state index contributed by atoms with van der Waals surface area (Å²) in [5, 5.41) is 6.39. The van der Waals surface area contributed by atoms with E-state index in [9.17, 15) is 9.59 Å². The zero-order chi connectivity index (χ0) is 19.1. The van der Waals surface area contributed by atoms with E-state index in [2.05, 4.69) is 15.2 Å². The van der Waals surface area contributed by atoms with Crippen LogP contribution in [0, 0.1) is 0 Å². The van der Waals surface area contributed by atoms with Crippen molar-refractivity contribution in [3.63, 3.8) is 0 Å². The van der Waals surface area contributed by atoms with E-state index in [1.54, 1.807) is 7.11 Å². The van der Waals surface area contributed by atoms with E-state index in [1.165, 1.54) is 0 Å². The lowest BCUT2D eigenvalue weighted by Crippen LogP contribution is -2.39. The van der Waals surface area contributed by atoms with Crippen LogP contribution in [0.2, 0.25) is 0 Å². The number of amides is 1. The van der Waals surface area contributed by atoms with Gasteiger partial charge in [0.05, 0.1) is 19.8 Å². The maximum atomic E-state index is 12.6. The molecule has 0 bridgehead atoms. The van der Waals surface area contributed by atoms with E-state index < -0.39 is 0 Å². The fourth-order valence-corrected chi connectivity index (χ4v) is 3.34. The summed E-state index contributed by atoms with van der Waals surface area (Å²) in [6.07, 6.45) is 3.91. The molecule has 8 heteroatoms. The average Bonchev–Trinajstić information content (AvgIpc) is 3.14. The number of methoxy groups -OCH3 is 1. The zero-order valence-corrected chi connectivity index (χ0v) is 15.6. The molecule has 1 amide bonds. The number of rotatable bonds is 8. The van der Waals surface area contributed by atoms with Gasteiger partial charge in [-0.1, -0.05) is 12.1 Å². The van der Waals surface area contributed by atoms with Gasteiger partial charge in [-0.15, -0.1) is 0 Å². The van der Waals surface area contributed by atoms with Gasteiger partial charge in [0.2, 0.25) is 5.91 Å². The van der Waals surface area contributed by atoms with Crippen molar-refractivity contribution in [3.05, 3.63) is 46.1 Å². The molecule has 1 fully saturated rings. The van der Waals surface area contributed by atoms with E-state index in [0.717, 1.165) is 30.6 Å². The van der Waals surface area contributed by atoms with Crippen LogP contribution in [0.4, 0.5) is 0 Å². The van der Waals surface area contributed by atoms with Crippen LogP contribution in [0.25, 0.3) is 0 Å². The molecule has 8 nitrogen and oxygen atoms in total. The van der Waals surface area contributed by atoms with E-state index in [4.69, 9.17) is 9.47 Å². The van der Waals surface area contributed by atoms with Crippen LogP contribution >= 0.6 is 0 Å². The zero-order valence-electron chi connectivity index (χ0n) is 15.6. The molecule has 2 heterocycles. The molecule has 1 unspecified atom stereocenters. The van der Waals surface area contributed by atoms with Crippen LogP contribution in [-0.4, -0.2) is 46.2 Å². The molecule has 0 radical (unpaired) electrons. The summed E-state index contributed by atoms with van der Waals surface area (Å²) in [6.45, 7) is 1.74. The minimum Gasteiger partial charge on any atom is -0.497 e. The molecule has 1 saturated heterocycles. The summed E-state index contributed by atoms with van der Waals surface area (Å²) >= 11 is 0. The largest absolute Gasteiger partial charge is 0.497 e. The third-order valence-electron chi connectivity index (χ3n) is 4.77. The Labute approximate surface area is 157 Å². The fraction of sp³-hybridized carbons (Fsp3) is 0.526. The Balaban J connectivity index is 1.43. The summed E-state index contributed by atoms with van der Waals surface area (Å²) in [4.78, 5) is 28.4. The number of ether oxygens (including phenoxy) is 2. The highest BCUT2D eigenvalue weighted by molar-refractivity contribution is 5.76. The molecule has 1 aromatic heterocycles.